The first-order valence-electron chi connectivity index (χ1n) is 11.3. The number of primary amides is 1. The van der Waals surface area contributed by atoms with Crippen LogP contribution in [0.5, 0.6) is 0 Å². The average molecular weight is 456 g/mol. The Morgan fingerprint density at radius 1 is 1.21 bits per heavy atom. The maximum atomic E-state index is 11.4. The van der Waals surface area contributed by atoms with Crippen molar-refractivity contribution < 1.29 is 24.2 Å². The Kier molecular flexibility index (Phi) is 8.68. The fraction of sp³-hybridized carbons (Fsp3) is 0.440. The summed E-state index contributed by atoms with van der Waals surface area (Å²) < 4.78 is 10.8. The molecule has 0 bridgehead atoms. The lowest BCUT2D eigenvalue weighted by atomic mass is 9.94. The summed E-state index contributed by atoms with van der Waals surface area (Å²) in [5.74, 6) is -1.61. The van der Waals surface area contributed by atoms with Crippen molar-refractivity contribution in [3.63, 3.8) is 0 Å². The number of carbonyl (C=O) groups is 2. The zero-order valence-electron chi connectivity index (χ0n) is 19.3. The molecule has 8 nitrogen and oxygen atoms in total. The van der Waals surface area contributed by atoms with Crippen molar-refractivity contribution in [1.82, 2.24) is 0 Å². The molecule has 1 fully saturated rings. The number of rotatable bonds is 11. The minimum Gasteiger partial charge on any atom is -0.481 e. The second-order valence-corrected chi connectivity index (χ2v) is 8.22. The fourth-order valence-electron chi connectivity index (χ4n) is 4.34. The summed E-state index contributed by atoms with van der Waals surface area (Å²) in [6, 6.07) is 13.4. The molecular formula is C25H33N3O5. The number of nitrogens with one attached hydrogen (secondary N) is 1. The normalized spacial score (nSPS) is 15.1. The van der Waals surface area contributed by atoms with Gasteiger partial charge in [-0.05, 0) is 61.7 Å². The molecule has 1 aliphatic heterocycles. The third-order valence-electron chi connectivity index (χ3n) is 6.01. The lowest BCUT2D eigenvalue weighted by Crippen LogP contribution is -2.39. The Bertz CT molecular complexity index is 942. The molecule has 4 N–H and O–H groups in total. The molecular weight excluding hydrogens is 422 g/mol. The topological polar surface area (TPSA) is 114 Å². The number of anilines is 3. The van der Waals surface area contributed by atoms with Crippen molar-refractivity contribution in [2.24, 2.45) is 5.73 Å². The Morgan fingerprint density at radius 3 is 2.48 bits per heavy atom. The average Bonchev–Trinajstić information content (AvgIpc) is 2.81. The zero-order valence-corrected chi connectivity index (χ0v) is 19.3. The van der Waals surface area contributed by atoms with E-state index in [0.29, 0.717) is 18.2 Å². The maximum absolute atomic E-state index is 11.4. The molecule has 1 saturated heterocycles. The highest BCUT2D eigenvalue weighted by molar-refractivity contribution is 5.93. The summed E-state index contributed by atoms with van der Waals surface area (Å²) in [6.07, 6.45) is 1.89. The van der Waals surface area contributed by atoms with Crippen LogP contribution in [-0.2, 0) is 14.3 Å². The van der Waals surface area contributed by atoms with Crippen molar-refractivity contribution in [2.45, 2.75) is 38.1 Å². The van der Waals surface area contributed by atoms with Crippen LogP contribution in [0.1, 0.15) is 48.0 Å². The molecule has 0 radical (unpaired) electrons. The predicted octanol–water partition coefficient (Wildman–Crippen LogP) is 3.74. The van der Waals surface area contributed by atoms with E-state index in [9.17, 15) is 14.7 Å². The molecule has 0 spiro atoms. The van der Waals surface area contributed by atoms with Crippen LogP contribution in [0.15, 0.2) is 42.5 Å². The van der Waals surface area contributed by atoms with Crippen molar-refractivity contribution in [2.75, 3.05) is 43.7 Å². The van der Waals surface area contributed by atoms with Gasteiger partial charge in [-0.2, -0.15) is 0 Å². The number of hydrogen-bond acceptors (Lipinski definition) is 6. The lowest BCUT2D eigenvalue weighted by molar-refractivity contribution is -0.137. The summed E-state index contributed by atoms with van der Waals surface area (Å²) in [4.78, 5) is 25.2. The molecule has 1 atom stereocenters. The summed E-state index contributed by atoms with van der Waals surface area (Å²) in [7, 11) is 1.58. The Labute approximate surface area is 194 Å². The maximum Gasteiger partial charge on any atom is 0.304 e. The van der Waals surface area contributed by atoms with Gasteiger partial charge in [-0.15, -0.1) is 0 Å². The smallest absolute Gasteiger partial charge is 0.304 e. The van der Waals surface area contributed by atoms with Gasteiger partial charge in [-0.1, -0.05) is 6.07 Å². The number of carboxylic acids is 1. The van der Waals surface area contributed by atoms with Crippen molar-refractivity contribution in [3.8, 4) is 0 Å². The molecule has 3 rings (SSSR count). The predicted molar refractivity (Wildman–Crippen MR) is 128 cm³/mol. The second-order valence-electron chi connectivity index (χ2n) is 8.22. The number of nitrogens with two attached hydrogens (primary N) is 1. The van der Waals surface area contributed by atoms with Crippen LogP contribution in [0.25, 0.3) is 0 Å². The van der Waals surface area contributed by atoms with Crippen LogP contribution in [0.2, 0.25) is 0 Å². The standard InChI is InChI=1S/C25H33N3O5/c1-3-28(21-10-12-33-13-11-21)23-9-6-18(19(16-32-2)15-24(29)30)14-22(23)27-20-7-4-17(5-8-20)25(26)31/h4-9,14,19,21,27H,3,10-13,15-16H2,1-2H3,(H2,26,31)(H,29,30)/t19-/m1/s1. The molecule has 2 aromatic carbocycles. The first-order chi connectivity index (χ1) is 15.9. The number of benzene rings is 2. The van der Waals surface area contributed by atoms with Crippen LogP contribution in [0.3, 0.4) is 0 Å². The number of hydrogen-bond donors (Lipinski definition) is 3. The van der Waals surface area contributed by atoms with Gasteiger partial charge in [0, 0.05) is 50.1 Å². The number of aliphatic carboxylic acids is 1. The van der Waals surface area contributed by atoms with Crippen molar-refractivity contribution in [1.29, 1.82) is 0 Å². The van der Waals surface area contributed by atoms with Gasteiger partial charge in [0.1, 0.15) is 0 Å². The third-order valence-corrected chi connectivity index (χ3v) is 6.01. The molecule has 178 valence electrons. The van der Waals surface area contributed by atoms with Gasteiger partial charge < -0.3 is 30.5 Å². The second kappa shape index (κ2) is 11.7. The number of carbonyl (C=O) groups excluding carboxylic acids is 1. The van der Waals surface area contributed by atoms with Gasteiger partial charge in [0.05, 0.1) is 24.4 Å². The minimum absolute atomic E-state index is 0.0165. The number of methoxy groups -OCH3 is 1. The number of carboxylic acid groups (broad SMARTS) is 1. The molecule has 0 aliphatic carbocycles. The molecule has 33 heavy (non-hydrogen) atoms. The molecule has 1 heterocycles. The minimum atomic E-state index is -0.866. The van der Waals surface area contributed by atoms with Gasteiger partial charge in [-0.25, -0.2) is 0 Å². The van der Waals surface area contributed by atoms with E-state index in [4.69, 9.17) is 15.2 Å². The summed E-state index contributed by atoms with van der Waals surface area (Å²) in [6.45, 7) is 4.76. The molecule has 2 aromatic rings. The zero-order chi connectivity index (χ0) is 23.8. The van der Waals surface area contributed by atoms with E-state index in [2.05, 4.69) is 23.2 Å². The Balaban J connectivity index is 1.99. The van der Waals surface area contributed by atoms with E-state index in [0.717, 1.165) is 55.2 Å². The van der Waals surface area contributed by atoms with Crippen LogP contribution in [0, 0.1) is 0 Å². The first kappa shape index (κ1) is 24.5. The summed E-state index contributed by atoms with van der Waals surface area (Å²) in [5.41, 5.74) is 9.42. The van der Waals surface area contributed by atoms with Crippen LogP contribution >= 0.6 is 0 Å². The molecule has 8 heteroatoms. The van der Waals surface area contributed by atoms with E-state index in [1.54, 1.807) is 19.2 Å². The van der Waals surface area contributed by atoms with Crippen molar-refractivity contribution >= 4 is 28.9 Å². The fourth-order valence-corrected chi connectivity index (χ4v) is 4.34. The summed E-state index contributed by atoms with van der Waals surface area (Å²) in [5, 5.41) is 12.8. The highest BCUT2D eigenvalue weighted by Crippen LogP contribution is 2.35. The molecule has 1 amide bonds. The number of nitrogens with zero attached hydrogens (tertiary/aromatic N) is 1. The van der Waals surface area contributed by atoms with Crippen LogP contribution < -0.4 is 16.0 Å². The van der Waals surface area contributed by atoms with Crippen LogP contribution in [0.4, 0.5) is 17.1 Å². The molecule has 0 aromatic heterocycles. The van der Waals surface area contributed by atoms with E-state index < -0.39 is 11.9 Å². The highest BCUT2D eigenvalue weighted by atomic mass is 16.5. The van der Waals surface area contributed by atoms with Gasteiger partial charge >= 0.3 is 5.97 Å². The van der Waals surface area contributed by atoms with Crippen LogP contribution in [-0.4, -0.2) is 56.5 Å². The molecule has 1 aliphatic rings. The largest absolute Gasteiger partial charge is 0.481 e. The number of ether oxygens (including phenoxy) is 2. The Morgan fingerprint density at radius 2 is 1.91 bits per heavy atom. The Hall–Kier alpha value is -3.10. The van der Waals surface area contributed by atoms with Gasteiger partial charge in [-0.3, -0.25) is 9.59 Å². The van der Waals surface area contributed by atoms with E-state index >= 15 is 0 Å². The first-order valence-corrected chi connectivity index (χ1v) is 11.3. The monoisotopic (exact) mass is 455 g/mol. The van der Waals surface area contributed by atoms with Gasteiger partial charge in [0.15, 0.2) is 0 Å². The highest BCUT2D eigenvalue weighted by Gasteiger charge is 2.24. The van der Waals surface area contributed by atoms with Gasteiger partial charge in [0.25, 0.3) is 0 Å². The molecule has 0 unspecified atom stereocenters. The molecule has 0 saturated carbocycles. The van der Waals surface area contributed by atoms with E-state index in [-0.39, 0.29) is 12.3 Å². The SMILES string of the molecule is CCN(c1ccc([C@@H](COC)CC(=O)O)cc1Nc1ccc(C(N)=O)cc1)C1CCOCC1. The van der Waals surface area contributed by atoms with Crippen molar-refractivity contribution in [3.05, 3.63) is 53.6 Å². The van der Waals surface area contributed by atoms with E-state index in [1.807, 2.05) is 24.3 Å². The third kappa shape index (κ3) is 6.46. The van der Waals surface area contributed by atoms with Gasteiger partial charge in [0.2, 0.25) is 5.91 Å². The van der Waals surface area contributed by atoms with E-state index in [1.165, 1.54) is 0 Å². The number of amides is 1. The quantitative estimate of drug-likeness (QED) is 0.473. The summed E-state index contributed by atoms with van der Waals surface area (Å²) >= 11 is 0. The lowest BCUT2D eigenvalue weighted by Gasteiger charge is -2.37.